The zero-order valence-electron chi connectivity index (χ0n) is 16.7. The van der Waals surface area contributed by atoms with Crippen LogP contribution >= 0.6 is 0 Å². The number of carbonyl (C=O) groups excluding carboxylic acids is 2. The molecule has 9 nitrogen and oxygen atoms in total. The van der Waals surface area contributed by atoms with Gasteiger partial charge in [-0.2, -0.15) is 12.7 Å². The number of carboxylic acid groups (broad SMARTS) is 1. The Hall–Kier alpha value is -3.24. The minimum absolute atomic E-state index is 0.00200. The molecule has 0 saturated carbocycles. The van der Waals surface area contributed by atoms with Crippen LogP contribution in [0.25, 0.3) is 0 Å². The summed E-state index contributed by atoms with van der Waals surface area (Å²) in [7, 11) is -3.78. The van der Waals surface area contributed by atoms with Crippen LogP contribution in [-0.4, -0.2) is 48.7 Å². The summed E-state index contributed by atoms with van der Waals surface area (Å²) in [6, 6.07) is 13.9. The summed E-state index contributed by atoms with van der Waals surface area (Å²) in [6.07, 6.45) is 1.48. The van der Waals surface area contributed by atoms with E-state index < -0.39 is 22.1 Å². The molecule has 3 rings (SSSR count). The molecule has 31 heavy (non-hydrogen) atoms. The van der Waals surface area contributed by atoms with E-state index in [1.807, 2.05) is 16.9 Å². The molecule has 0 unspecified atom stereocenters. The summed E-state index contributed by atoms with van der Waals surface area (Å²) in [4.78, 5) is 34.2. The third kappa shape index (κ3) is 6.37. The predicted octanol–water partition coefficient (Wildman–Crippen LogP) is 0.853. The summed E-state index contributed by atoms with van der Waals surface area (Å²) in [5, 5.41) is 11.6. The molecule has 1 aliphatic rings. The van der Waals surface area contributed by atoms with E-state index in [2.05, 4.69) is 5.32 Å². The number of carboxylic acids is 1. The maximum Gasteiger partial charge on any atom is 0.307 e. The summed E-state index contributed by atoms with van der Waals surface area (Å²) in [6.45, 7) is 0.318. The first-order valence-electron chi connectivity index (χ1n) is 9.70. The lowest BCUT2D eigenvalue weighted by molar-refractivity contribution is -0.136. The molecule has 0 radical (unpaired) electrons. The highest BCUT2D eigenvalue weighted by Crippen LogP contribution is 2.13. The number of benzene rings is 2. The summed E-state index contributed by atoms with van der Waals surface area (Å²) in [5.74, 6) is -1.65. The van der Waals surface area contributed by atoms with E-state index in [-0.39, 0.29) is 25.4 Å². The topological polar surface area (TPSA) is 133 Å². The molecule has 0 bridgehead atoms. The van der Waals surface area contributed by atoms with Crippen LogP contribution in [0.2, 0.25) is 0 Å². The minimum atomic E-state index is -3.78. The number of hydrogen-bond donors (Lipinski definition) is 3. The van der Waals surface area contributed by atoms with Gasteiger partial charge in [-0.15, -0.1) is 0 Å². The molecule has 1 aliphatic heterocycles. The molecule has 10 heteroatoms. The van der Waals surface area contributed by atoms with Crippen molar-refractivity contribution < 1.29 is 27.9 Å². The Balaban J connectivity index is 1.43. The Bertz CT molecular complexity index is 1070. The molecule has 2 aromatic rings. The normalized spacial score (nSPS) is 15.4. The number of nitrogens with one attached hydrogen (secondary N) is 2. The summed E-state index contributed by atoms with van der Waals surface area (Å²) >= 11 is 0. The number of rotatable bonds is 9. The van der Waals surface area contributed by atoms with Crippen LogP contribution in [0.1, 0.15) is 33.5 Å². The molecule has 0 atom stereocenters. The summed E-state index contributed by atoms with van der Waals surface area (Å²) < 4.78 is 26.5. The van der Waals surface area contributed by atoms with Crippen molar-refractivity contribution in [2.75, 3.05) is 13.1 Å². The van der Waals surface area contributed by atoms with Gasteiger partial charge in [0, 0.05) is 18.7 Å². The zero-order chi connectivity index (χ0) is 22.4. The quantitative estimate of drug-likeness (QED) is 0.490. The zero-order valence-corrected chi connectivity index (χ0v) is 17.5. The molecule has 2 aromatic carbocycles. The lowest BCUT2D eigenvalue weighted by Gasteiger charge is -2.12. The molecule has 0 aliphatic carbocycles. The van der Waals surface area contributed by atoms with Crippen LogP contribution in [-0.2, 0) is 39.2 Å². The Morgan fingerprint density at radius 1 is 1.00 bits per heavy atom. The maximum absolute atomic E-state index is 12.3. The molecular weight excluding hydrogens is 422 g/mol. The number of amides is 2. The Kier molecular flexibility index (Phi) is 7.03. The van der Waals surface area contributed by atoms with Crippen molar-refractivity contribution in [1.29, 1.82) is 0 Å². The van der Waals surface area contributed by atoms with Crippen LogP contribution in [0.5, 0.6) is 0 Å². The first kappa shape index (κ1) is 22.4. The monoisotopic (exact) mass is 445 g/mol. The number of nitrogens with zero attached hydrogens (tertiary/aromatic N) is 1. The smallest absolute Gasteiger partial charge is 0.307 e. The van der Waals surface area contributed by atoms with Crippen molar-refractivity contribution in [3.63, 3.8) is 0 Å². The van der Waals surface area contributed by atoms with Crippen molar-refractivity contribution in [3.05, 3.63) is 70.8 Å². The van der Waals surface area contributed by atoms with Crippen LogP contribution in [0, 0.1) is 0 Å². The van der Waals surface area contributed by atoms with Gasteiger partial charge < -0.3 is 10.4 Å². The lowest BCUT2D eigenvalue weighted by Crippen LogP contribution is -2.29. The standard InChI is InChI=1S/C21H23N3O6S/c25-19-14-24(31(29,30)23-19)13-17-7-9-18(10-8-17)21(28)22-11-1-2-15-3-5-16(6-4-15)12-20(26)27/h3-10H,1-2,11-14H2,(H,22,28)(H,23,25)(H,26,27). The van der Waals surface area contributed by atoms with Crippen molar-refractivity contribution in [3.8, 4) is 0 Å². The second kappa shape index (κ2) is 9.71. The Morgan fingerprint density at radius 2 is 1.61 bits per heavy atom. The highest BCUT2D eigenvalue weighted by molar-refractivity contribution is 7.88. The highest BCUT2D eigenvalue weighted by atomic mass is 32.2. The van der Waals surface area contributed by atoms with Crippen molar-refractivity contribution in [1.82, 2.24) is 14.3 Å². The molecule has 3 N–H and O–H groups in total. The predicted molar refractivity (Wildman–Crippen MR) is 112 cm³/mol. The second-order valence-corrected chi connectivity index (χ2v) is 8.91. The first-order valence-corrected chi connectivity index (χ1v) is 11.1. The SMILES string of the molecule is O=C(O)Cc1ccc(CCCNC(=O)c2ccc(CN3CC(=O)NS3(=O)=O)cc2)cc1. The van der Waals surface area contributed by atoms with Crippen LogP contribution in [0.15, 0.2) is 48.5 Å². The van der Waals surface area contributed by atoms with Gasteiger partial charge in [0.15, 0.2) is 0 Å². The molecular formula is C21H23N3O6S. The fraction of sp³-hybridized carbons (Fsp3) is 0.286. The molecule has 1 heterocycles. The van der Waals surface area contributed by atoms with E-state index in [1.54, 1.807) is 36.4 Å². The van der Waals surface area contributed by atoms with Gasteiger partial charge in [-0.1, -0.05) is 36.4 Å². The number of carbonyl (C=O) groups is 3. The van der Waals surface area contributed by atoms with Gasteiger partial charge in [-0.05, 0) is 41.7 Å². The summed E-state index contributed by atoms with van der Waals surface area (Å²) in [5.41, 5.74) is 2.94. The molecule has 0 spiro atoms. The average Bonchev–Trinajstić information content (AvgIpc) is 2.97. The van der Waals surface area contributed by atoms with Gasteiger partial charge in [0.1, 0.15) is 0 Å². The van der Waals surface area contributed by atoms with E-state index >= 15 is 0 Å². The van der Waals surface area contributed by atoms with Crippen LogP contribution < -0.4 is 10.0 Å². The Morgan fingerprint density at radius 3 is 2.19 bits per heavy atom. The van der Waals surface area contributed by atoms with Gasteiger partial charge in [0.2, 0.25) is 5.91 Å². The number of hydrogen-bond acceptors (Lipinski definition) is 5. The minimum Gasteiger partial charge on any atom is -0.481 e. The van der Waals surface area contributed by atoms with E-state index in [0.29, 0.717) is 17.7 Å². The molecule has 0 aromatic heterocycles. The molecule has 2 amide bonds. The van der Waals surface area contributed by atoms with E-state index in [1.165, 1.54) is 0 Å². The fourth-order valence-electron chi connectivity index (χ4n) is 3.19. The van der Waals surface area contributed by atoms with Gasteiger partial charge in [-0.3, -0.25) is 14.4 Å². The van der Waals surface area contributed by atoms with E-state index in [9.17, 15) is 22.8 Å². The van der Waals surface area contributed by atoms with Gasteiger partial charge in [0.05, 0.1) is 13.0 Å². The van der Waals surface area contributed by atoms with Crippen molar-refractivity contribution >= 4 is 28.0 Å². The van der Waals surface area contributed by atoms with Crippen LogP contribution in [0.4, 0.5) is 0 Å². The van der Waals surface area contributed by atoms with Gasteiger partial charge in [-0.25, -0.2) is 4.72 Å². The van der Waals surface area contributed by atoms with Gasteiger partial charge >= 0.3 is 16.2 Å². The highest BCUT2D eigenvalue weighted by Gasteiger charge is 2.33. The van der Waals surface area contributed by atoms with Crippen molar-refractivity contribution in [2.24, 2.45) is 0 Å². The third-order valence-corrected chi connectivity index (χ3v) is 6.21. The number of aliphatic carboxylic acids is 1. The first-order chi connectivity index (χ1) is 14.7. The lowest BCUT2D eigenvalue weighted by atomic mass is 10.1. The van der Waals surface area contributed by atoms with E-state index in [4.69, 9.17) is 5.11 Å². The molecule has 1 saturated heterocycles. The van der Waals surface area contributed by atoms with Crippen molar-refractivity contribution in [2.45, 2.75) is 25.8 Å². The van der Waals surface area contributed by atoms with Gasteiger partial charge in [0.25, 0.3) is 5.91 Å². The largest absolute Gasteiger partial charge is 0.481 e. The fourth-order valence-corrected chi connectivity index (χ4v) is 4.27. The maximum atomic E-state index is 12.3. The third-order valence-electron chi connectivity index (χ3n) is 4.78. The Labute approximate surface area is 180 Å². The van der Waals surface area contributed by atoms with E-state index in [0.717, 1.165) is 28.3 Å². The molecule has 1 fully saturated rings. The van der Waals surface area contributed by atoms with Crippen LogP contribution in [0.3, 0.4) is 0 Å². The average molecular weight is 445 g/mol. The molecule has 164 valence electrons. The second-order valence-electron chi connectivity index (χ2n) is 7.24. The number of aryl methyl sites for hydroxylation is 1.